The van der Waals surface area contributed by atoms with Crippen LogP contribution in [-0.2, 0) is 16.0 Å². The molecular formula is C13H14F2O2. The zero-order chi connectivity index (χ0) is 12.3. The van der Waals surface area contributed by atoms with Crippen LogP contribution in [0.3, 0.4) is 0 Å². The van der Waals surface area contributed by atoms with Crippen LogP contribution in [-0.4, -0.2) is 18.5 Å². The Bertz CT molecular complexity index is 392. The zero-order valence-electron chi connectivity index (χ0n) is 9.42. The van der Waals surface area contributed by atoms with Crippen LogP contribution < -0.4 is 0 Å². The van der Waals surface area contributed by atoms with E-state index in [1.54, 1.807) is 0 Å². The van der Waals surface area contributed by atoms with Gasteiger partial charge in [-0.3, -0.25) is 4.79 Å². The zero-order valence-corrected chi connectivity index (χ0v) is 9.42. The number of hydrogen-bond donors (Lipinski definition) is 0. The van der Waals surface area contributed by atoms with Gasteiger partial charge in [0.05, 0.1) is 6.10 Å². The van der Waals surface area contributed by atoms with E-state index in [0.29, 0.717) is 6.61 Å². The third-order valence-corrected chi connectivity index (χ3v) is 2.91. The molecule has 1 heterocycles. The van der Waals surface area contributed by atoms with Crippen molar-refractivity contribution in [2.45, 2.75) is 31.8 Å². The second-order valence-electron chi connectivity index (χ2n) is 4.25. The van der Waals surface area contributed by atoms with E-state index >= 15 is 0 Å². The minimum absolute atomic E-state index is 0.0719. The van der Waals surface area contributed by atoms with Crippen LogP contribution in [0, 0.1) is 11.6 Å². The van der Waals surface area contributed by atoms with Gasteiger partial charge in [0.15, 0.2) is 0 Å². The first-order valence-electron chi connectivity index (χ1n) is 5.73. The van der Waals surface area contributed by atoms with Crippen LogP contribution >= 0.6 is 0 Å². The fourth-order valence-electron chi connectivity index (χ4n) is 2.03. The standard InChI is InChI=1S/C13H14F2O2/c14-12-4-1-5-13(15)11(12)8-9(16)7-10-3-2-6-17-10/h1,4-5,10H,2-3,6-8H2. The van der Waals surface area contributed by atoms with Crippen molar-refractivity contribution in [2.24, 2.45) is 0 Å². The fourth-order valence-corrected chi connectivity index (χ4v) is 2.03. The van der Waals surface area contributed by atoms with Gasteiger partial charge in [0.1, 0.15) is 17.4 Å². The Labute approximate surface area is 98.6 Å². The van der Waals surface area contributed by atoms with E-state index in [1.807, 2.05) is 0 Å². The quantitative estimate of drug-likeness (QED) is 0.808. The molecule has 1 fully saturated rings. The predicted molar refractivity (Wildman–Crippen MR) is 58.7 cm³/mol. The Morgan fingerprint density at radius 1 is 1.35 bits per heavy atom. The van der Waals surface area contributed by atoms with Crippen LogP contribution in [0.5, 0.6) is 0 Å². The summed E-state index contributed by atoms with van der Waals surface area (Å²) in [5.74, 6) is -1.50. The van der Waals surface area contributed by atoms with Crippen molar-refractivity contribution in [1.29, 1.82) is 0 Å². The van der Waals surface area contributed by atoms with Gasteiger partial charge in [-0.1, -0.05) is 6.07 Å². The van der Waals surface area contributed by atoms with Crippen molar-refractivity contribution in [3.05, 3.63) is 35.4 Å². The molecule has 1 unspecified atom stereocenters. The van der Waals surface area contributed by atoms with Crippen molar-refractivity contribution < 1.29 is 18.3 Å². The Kier molecular flexibility index (Phi) is 3.84. The number of carbonyl (C=O) groups excluding carboxylic acids is 1. The summed E-state index contributed by atoms with van der Waals surface area (Å²) in [5, 5.41) is 0. The van der Waals surface area contributed by atoms with Gasteiger partial charge in [0, 0.05) is 25.0 Å². The van der Waals surface area contributed by atoms with Gasteiger partial charge in [-0.05, 0) is 25.0 Å². The molecule has 1 aliphatic heterocycles. The number of carbonyl (C=O) groups is 1. The van der Waals surface area contributed by atoms with Crippen LogP contribution in [0.1, 0.15) is 24.8 Å². The average molecular weight is 240 g/mol. The van der Waals surface area contributed by atoms with Gasteiger partial charge in [-0.25, -0.2) is 8.78 Å². The van der Waals surface area contributed by atoms with E-state index in [4.69, 9.17) is 4.74 Å². The molecule has 1 saturated heterocycles. The minimum atomic E-state index is -0.661. The van der Waals surface area contributed by atoms with E-state index in [2.05, 4.69) is 0 Å². The number of hydrogen-bond acceptors (Lipinski definition) is 2. The van der Waals surface area contributed by atoms with Crippen molar-refractivity contribution in [1.82, 2.24) is 0 Å². The molecule has 0 radical (unpaired) electrons. The van der Waals surface area contributed by atoms with E-state index < -0.39 is 11.6 Å². The molecule has 0 bridgehead atoms. The molecule has 1 aromatic rings. The topological polar surface area (TPSA) is 26.3 Å². The maximum absolute atomic E-state index is 13.3. The number of benzene rings is 1. The first kappa shape index (κ1) is 12.2. The highest BCUT2D eigenvalue weighted by Crippen LogP contribution is 2.18. The maximum atomic E-state index is 13.3. The smallest absolute Gasteiger partial charge is 0.140 e. The maximum Gasteiger partial charge on any atom is 0.140 e. The van der Waals surface area contributed by atoms with Crippen molar-refractivity contribution in [3.8, 4) is 0 Å². The van der Waals surface area contributed by atoms with Gasteiger partial charge in [0.2, 0.25) is 0 Å². The van der Waals surface area contributed by atoms with E-state index in [9.17, 15) is 13.6 Å². The molecule has 1 aromatic carbocycles. The largest absolute Gasteiger partial charge is 0.378 e. The van der Waals surface area contributed by atoms with Crippen LogP contribution in [0.2, 0.25) is 0 Å². The highest BCUT2D eigenvalue weighted by molar-refractivity contribution is 5.81. The summed E-state index contributed by atoms with van der Waals surface area (Å²) in [6, 6.07) is 3.62. The first-order valence-corrected chi connectivity index (χ1v) is 5.73. The molecule has 92 valence electrons. The molecule has 2 rings (SSSR count). The third-order valence-electron chi connectivity index (χ3n) is 2.91. The summed E-state index contributed by atoms with van der Waals surface area (Å²) in [4.78, 5) is 11.7. The Morgan fingerprint density at radius 2 is 2.06 bits per heavy atom. The highest BCUT2D eigenvalue weighted by atomic mass is 19.1. The summed E-state index contributed by atoms with van der Waals surface area (Å²) in [5.41, 5.74) is -0.143. The molecule has 0 amide bonds. The van der Waals surface area contributed by atoms with Crippen molar-refractivity contribution >= 4 is 5.78 Å². The Hall–Kier alpha value is -1.29. The number of ketones is 1. The SMILES string of the molecule is O=C(Cc1c(F)cccc1F)CC1CCCO1. The highest BCUT2D eigenvalue weighted by Gasteiger charge is 2.20. The number of rotatable bonds is 4. The second kappa shape index (κ2) is 5.36. The third kappa shape index (κ3) is 3.09. The van der Waals surface area contributed by atoms with Crippen molar-refractivity contribution in [2.75, 3.05) is 6.61 Å². The summed E-state index contributed by atoms with van der Waals surface area (Å²) in [6.07, 6.45) is 1.78. The molecule has 17 heavy (non-hydrogen) atoms. The van der Waals surface area contributed by atoms with Crippen molar-refractivity contribution in [3.63, 3.8) is 0 Å². The lowest BCUT2D eigenvalue weighted by Crippen LogP contribution is -2.15. The minimum Gasteiger partial charge on any atom is -0.378 e. The summed E-state index contributed by atoms with van der Waals surface area (Å²) in [6.45, 7) is 0.673. The Balaban J connectivity index is 1.97. The normalized spacial score (nSPS) is 19.5. The van der Waals surface area contributed by atoms with E-state index in [1.165, 1.54) is 6.07 Å². The molecule has 1 atom stereocenters. The molecule has 2 nitrogen and oxygen atoms in total. The van der Waals surface area contributed by atoms with Gasteiger partial charge < -0.3 is 4.74 Å². The van der Waals surface area contributed by atoms with Gasteiger partial charge in [-0.15, -0.1) is 0 Å². The molecule has 1 aliphatic rings. The molecule has 4 heteroatoms. The predicted octanol–water partition coefficient (Wildman–Crippen LogP) is 2.65. The fraction of sp³-hybridized carbons (Fsp3) is 0.462. The molecule has 0 aromatic heterocycles. The number of halogens is 2. The number of ether oxygens (including phenoxy) is 1. The number of Topliss-reactive ketones (excluding diaryl/α,β-unsaturated/α-hetero) is 1. The van der Waals surface area contributed by atoms with Gasteiger partial charge in [-0.2, -0.15) is 0 Å². The lowest BCUT2D eigenvalue weighted by atomic mass is 10.0. The molecule has 0 saturated carbocycles. The summed E-state index contributed by atoms with van der Waals surface area (Å²) in [7, 11) is 0. The lowest BCUT2D eigenvalue weighted by molar-refractivity contribution is -0.120. The van der Waals surface area contributed by atoms with E-state index in [-0.39, 0.29) is 30.3 Å². The molecule has 0 N–H and O–H groups in total. The second-order valence-corrected chi connectivity index (χ2v) is 4.25. The average Bonchev–Trinajstić information content (AvgIpc) is 2.76. The monoisotopic (exact) mass is 240 g/mol. The van der Waals surface area contributed by atoms with Gasteiger partial charge >= 0.3 is 0 Å². The van der Waals surface area contributed by atoms with Crippen LogP contribution in [0.15, 0.2) is 18.2 Å². The Morgan fingerprint density at radius 3 is 2.65 bits per heavy atom. The summed E-state index contributed by atoms with van der Waals surface area (Å²) >= 11 is 0. The van der Waals surface area contributed by atoms with Gasteiger partial charge in [0.25, 0.3) is 0 Å². The van der Waals surface area contributed by atoms with Crippen LogP contribution in [0.25, 0.3) is 0 Å². The van der Waals surface area contributed by atoms with Crippen LogP contribution in [0.4, 0.5) is 8.78 Å². The summed E-state index contributed by atoms with van der Waals surface area (Å²) < 4.78 is 31.9. The lowest BCUT2D eigenvalue weighted by Gasteiger charge is -2.08. The van der Waals surface area contributed by atoms with E-state index in [0.717, 1.165) is 25.0 Å². The molecule has 0 aliphatic carbocycles. The molecular weight excluding hydrogens is 226 g/mol. The molecule has 0 spiro atoms. The first-order chi connectivity index (χ1) is 8.16.